The molecule has 1 amide bonds. The van der Waals surface area contributed by atoms with Gasteiger partial charge in [0.25, 0.3) is 0 Å². The zero-order valence-electron chi connectivity index (χ0n) is 11.2. The van der Waals surface area contributed by atoms with Gasteiger partial charge in [-0.05, 0) is 25.5 Å². The largest absolute Gasteiger partial charge is 0.478 e. The van der Waals surface area contributed by atoms with Gasteiger partial charge in [-0.15, -0.1) is 0 Å². The lowest BCUT2D eigenvalue weighted by Gasteiger charge is -2.23. The number of rotatable bonds is 5. The normalized spacial score (nSPS) is 13.7. The zero-order valence-corrected chi connectivity index (χ0v) is 12.7. The van der Waals surface area contributed by atoms with Gasteiger partial charge in [-0.1, -0.05) is 36.5 Å². The maximum absolute atomic E-state index is 12.1. The van der Waals surface area contributed by atoms with E-state index in [-0.39, 0.29) is 21.3 Å². The lowest BCUT2D eigenvalue weighted by Crippen LogP contribution is -2.48. The van der Waals surface area contributed by atoms with Gasteiger partial charge in [0.1, 0.15) is 0 Å². The monoisotopic (exact) mass is 318 g/mol. The molecule has 1 unspecified atom stereocenters. The number of carbonyl (C=O) groups is 2. The first-order valence-corrected chi connectivity index (χ1v) is 6.77. The summed E-state index contributed by atoms with van der Waals surface area (Å²) in [6, 6.07) is 2.58. The number of halogens is 2. The summed E-state index contributed by atoms with van der Waals surface area (Å²) >= 11 is 11.7. The van der Waals surface area contributed by atoms with Gasteiger partial charge in [0.2, 0.25) is 5.91 Å². The van der Waals surface area contributed by atoms with Gasteiger partial charge in [-0.2, -0.15) is 0 Å². The number of nitrogens with two attached hydrogens (primary N) is 1. The van der Waals surface area contributed by atoms with Gasteiger partial charge >= 0.3 is 5.97 Å². The van der Waals surface area contributed by atoms with Gasteiger partial charge in [-0.3, -0.25) is 4.79 Å². The van der Waals surface area contributed by atoms with Crippen LogP contribution in [0.25, 0.3) is 0 Å². The zero-order chi connectivity index (χ0) is 15.5. The number of carboxylic acids is 1. The second kappa shape index (κ2) is 6.43. The molecular weight excluding hydrogens is 303 g/mol. The van der Waals surface area contributed by atoms with Gasteiger partial charge in [0.15, 0.2) is 0 Å². The van der Waals surface area contributed by atoms with E-state index >= 15 is 0 Å². The Morgan fingerprint density at radius 2 is 2.00 bits per heavy atom. The highest BCUT2D eigenvalue weighted by Crippen LogP contribution is 2.31. The van der Waals surface area contributed by atoms with Crippen LogP contribution in [0.15, 0.2) is 12.1 Å². The predicted octanol–water partition coefficient (Wildman–Crippen LogP) is 3.15. The number of amides is 1. The second-order valence-corrected chi connectivity index (χ2v) is 5.58. The van der Waals surface area contributed by atoms with E-state index in [4.69, 9.17) is 34.0 Å². The summed E-state index contributed by atoms with van der Waals surface area (Å²) in [5.74, 6) is -1.73. The molecule has 0 fully saturated rings. The number of carboxylic acid groups (broad SMARTS) is 1. The fourth-order valence-corrected chi connectivity index (χ4v) is 2.30. The molecule has 0 aliphatic heterocycles. The maximum Gasteiger partial charge on any atom is 0.337 e. The minimum Gasteiger partial charge on any atom is -0.478 e. The van der Waals surface area contributed by atoms with Gasteiger partial charge in [0, 0.05) is 5.02 Å². The summed E-state index contributed by atoms with van der Waals surface area (Å²) in [4.78, 5) is 23.3. The van der Waals surface area contributed by atoms with Crippen LogP contribution in [0, 0.1) is 0 Å². The van der Waals surface area contributed by atoms with Gasteiger partial charge < -0.3 is 16.2 Å². The fourth-order valence-electron chi connectivity index (χ4n) is 1.76. The number of aromatic carboxylic acids is 1. The Kier molecular flexibility index (Phi) is 5.39. The first-order valence-electron chi connectivity index (χ1n) is 6.01. The highest BCUT2D eigenvalue weighted by atomic mass is 35.5. The average molecular weight is 319 g/mol. The van der Waals surface area contributed by atoms with Crippen LogP contribution in [-0.2, 0) is 4.79 Å². The number of hydrogen-bond donors (Lipinski definition) is 3. The van der Waals surface area contributed by atoms with Crippen molar-refractivity contribution in [3.63, 3.8) is 0 Å². The number of carbonyl (C=O) groups excluding carboxylic acids is 1. The van der Waals surface area contributed by atoms with E-state index in [1.165, 1.54) is 12.1 Å². The van der Waals surface area contributed by atoms with Crippen molar-refractivity contribution in [2.75, 3.05) is 5.32 Å². The molecule has 1 aromatic rings. The number of benzene rings is 1. The molecule has 0 saturated heterocycles. The number of nitrogens with one attached hydrogen (secondary N) is 1. The smallest absolute Gasteiger partial charge is 0.337 e. The van der Waals surface area contributed by atoms with E-state index in [1.54, 1.807) is 6.92 Å². The SMILES string of the molecule is CCCC(C)(N)C(=O)Nc1c(Cl)cc(Cl)cc1C(=O)O. The molecule has 5 nitrogen and oxygen atoms in total. The summed E-state index contributed by atoms with van der Waals surface area (Å²) in [6.45, 7) is 3.48. The van der Waals surface area contributed by atoms with Crippen molar-refractivity contribution in [3.05, 3.63) is 27.7 Å². The maximum atomic E-state index is 12.1. The second-order valence-electron chi connectivity index (χ2n) is 4.74. The summed E-state index contributed by atoms with van der Waals surface area (Å²) < 4.78 is 0. The molecule has 1 aromatic carbocycles. The van der Waals surface area contributed by atoms with Crippen LogP contribution in [-0.4, -0.2) is 22.5 Å². The molecule has 0 radical (unpaired) electrons. The standard InChI is InChI=1S/C13H16Cl2N2O3/c1-3-4-13(2,16)12(20)17-10-8(11(18)19)5-7(14)6-9(10)15/h5-6H,3-4,16H2,1-2H3,(H,17,20)(H,18,19). The third-order valence-electron chi connectivity index (χ3n) is 2.81. The van der Waals surface area contributed by atoms with E-state index in [0.29, 0.717) is 6.42 Å². The molecule has 20 heavy (non-hydrogen) atoms. The lowest BCUT2D eigenvalue weighted by molar-refractivity contribution is -0.120. The van der Waals surface area contributed by atoms with Gasteiger partial charge in [-0.25, -0.2) is 4.79 Å². The van der Waals surface area contributed by atoms with Crippen molar-refractivity contribution in [3.8, 4) is 0 Å². The minimum absolute atomic E-state index is 0.00125. The van der Waals surface area contributed by atoms with Crippen LogP contribution in [0.3, 0.4) is 0 Å². The molecule has 4 N–H and O–H groups in total. The lowest BCUT2D eigenvalue weighted by atomic mass is 9.96. The quantitative estimate of drug-likeness (QED) is 0.777. The predicted molar refractivity (Wildman–Crippen MR) is 79.6 cm³/mol. The topological polar surface area (TPSA) is 92.4 Å². The van der Waals surface area contributed by atoms with Crippen molar-refractivity contribution < 1.29 is 14.7 Å². The minimum atomic E-state index is -1.24. The van der Waals surface area contributed by atoms with E-state index in [0.717, 1.165) is 6.42 Å². The molecule has 0 bridgehead atoms. The van der Waals surface area contributed by atoms with Crippen molar-refractivity contribution >= 4 is 40.8 Å². The molecule has 0 aliphatic carbocycles. The molecular formula is C13H16Cl2N2O3. The molecule has 0 aromatic heterocycles. The molecule has 0 saturated carbocycles. The van der Waals surface area contributed by atoms with Gasteiger partial charge in [0.05, 0.1) is 21.8 Å². The van der Waals surface area contributed by atoms with Crippen molar-refractivity contribution in [2.45, 2.75) is 32.2 Å². The van der Waals surface area contributed by atoms with E-state index in [1.807, 2.05) is 6.92 Å². The van der Waals surface area contributed by atoms with Crippen LogP contribution in [0.1, 0.15) is 37.0 Å². The molecule has 7 heteroatoms. The van der Waals surface area contributed by atoms with E-state index < -0.39 is 17.4 Å². The van der Waals surface area contributed by atoms with Crippen LogP contribution < -0.4 is 11.1 Å². The molecule has 0 aliphatic rings. The number of anilines is 1. The molecule has 0 spiro atoms. The van der Waals surface area contributed by atoms with Crippen LogP contribution in [0.5, 0.6) is 0 Å². The van der Waals surface area contributed by atoms with Crippen LogP contribution in [0.2, 0.25) is 10.0 Å². The average Bonchev–Trinajstić information content (AvgIpc) is 2.31. The van der Waals surface area contributed by atoms with E-state index in [2.05, 4.69) is 5.32 Å². The Morgan fingerprint density at radius 3 is 2.50 bits per heavy atom. The highest BCUT2D eigenvalue weighted by Gasteiger charge is 2.29. The Bertz CT molecular complexity index is 545. The third kappa shape index (κ3) is 3.85. The molecule has 1 rings (SSSR count). The summed E-state index contributed by atoms with van der Waals surface area (Å²) in [6.07, 6.45) is 1.19. The molecule has 110 valence electrons. The summed E-state index contributed by atoms with van der Waals surface area (Å²) in [5.41, 5.74) is 4.62. The van der Waals surface area contributed by atoms with E-state index in [9.17, 15) is 9.59 Å². The first kappa shape index (κ1) is 16.8. The Hall–Kier alpha value is -1.30. The Labute approximate surface area is 127 Å². The number of hydrogen-bond acceptors (Lipinski definition) is 3. The van der Waals surface area contributed by atoms with Crippen molar-refractivity contribution in [2.24, 2.45) is 5.73 Å². The summed E-state index contributed by atoms with van der Waals surface area (Å²) in [5, 5.41) is 11.8. The van der Waals surface area contributed by atoms with Crippen LogP contribution in [0.4, 0.5) is 5.69 Å². The van der Waals surface area contributed by atoms with Crippen LogP contribution >= 0.6 is 23.2 Å². The molecule has 0 heterocycles. The fraction of sp³-hybridized carbons (Fsp3) is 0.385. The Morgan fingerprint density at radius 1 is 1.40 bits per heavy atom. The highest BCUT2D eigenvalue weighted by molar-refractivity contribution is 6.37. The Balaban J connectivity index is 3.15. The first-order chi connectivity index (χ1) is 9.19. The third-order valence-corrected chi connectivity index (χ3v) is 3.33. The van der Waals surface area contributed by atoms with Crippen molar-refractivity contribution in [1.29, 1.82) is 0 Å². The summed E-state index contributed by atoms with van der Waals surface area (Å²) in [7, 11) is 0. The molecule has 1 atom stereocenters. The van der Waals surface area contributed by atoms with Crippen molar-refractivity contribution in [1.82, 2.24) is 0 Å².